The van der Waals surface area contributed by atoms with Crippen LogP contribution in [-0.2, 0) is 0 Å². The third-order valence-corrected chi connectivity index (χ3v) is 5.25. The molecular weight excluding hydrogens is 368 g/mol. The van der Waals surface area contributed by atoms with Crippen molar-refractivity contribution in [1.29, 1.82) is 0 Å². The Morgan fingerprint density at radius 1 is 1.07 bits per heavy atom. The zero-order chi connectivity index (χ0) is 19.8. The number of piperidine rings is 1. The van der Waals surface area contributed by atoms with E-state index in [0.717, 1.165) is 16.6 Å². The van der Waals surface area contributed by atoms with Gasteiger partial charge in [-0.3, -0.25) is 9.78 Å². The van der Waals surface area contributed by atoms with Crippen molar-refractivity contribution < 1.29 is 5.11 Å². The summed E-state index contributed by atoms with van der Waals surface area (Å²) in [6.45, 7) is 1.35. The van der Waals surface area contributed by atoms with Gasteiger partial charge in [0.2, 0.25) is 5.95 Å². The van der Waals surface area contributed by atoms with Crippen molar-refractivity contribution >= 4 is 39.3 Å². The van der Waals surface area contributed by atoms with E-state index in [-0.39, 0.29) is 11.7 Å². The average molecular weight is 388 g/mol. The van der Waals surface area contributed by atoms with Gasteiger partial charge in [-0.2, -0.15) is 4.98 Å². The van der Waals surface area contributed by atoms with Crippen LogP contribution in [0.1, 0.15) is 12.8 Å². The molecule has 1 saturated heterocycles. The van der Waals surface area contributed by atoms with E-state index in [1.54, 1.807) is 18.5 Å². The fraction of sp³-hybridized carbons (Fsp3) is 0.238. The monoisotopic (exact) mass is 388 g/mol. The molecule has 146 valence electrons. The fourth-order valence-corrected chi connectivity index (χ4v) is 3.72. The number of pyridine rings is 2. The van der Waals surface area contributed by atoms with Crippen molar-refractivity contribution in [2.24, 2.45) is 0 Å². The van der Waals surface area contributed by atoms with Crippen LogP contribution in [0.25, 0.3) is 21.8 Å². The summed E-state index contributed by atoms with van der Waals surface area (Å²) in [6.07, 6.45) is 4.41. The number of benzene rings is 1. The molecule has 4 heterocycles. The van der Waals surface area contributed by atoms with Crippen molar-refractivity contribution in [3.63, 3.8) is 0 Å². The van der Waals surface area contributed by atoms with E-state index in [4.69, 9.17) is 4.98 Å². The number of H-pyrrole nitrogens is 1. The quantitative estimate of drug-likeness (QED) is 0.495. The molecule has 1 aliphatic heterocycles. The Hall–Kier alpha value is -3.52. The van der Waals surface area contributed by atoms with E-state index in [1.165, 1.54) is 0 Å². The molecule has 0 spiro atoms. The minimum atomic E-state index is -0.282. The van der Waals surface area contributed by atoms with Gasteiger partial charge in [0.05, 0.1) is 17.1 Å². The molecule has 8 heteroatoms. The highest BCUT2D eigenvalue weighted by molar-refractivity contribution is 5.97. The van der Waals surface area contributed by atoms with Crippen LogP contribution >= 0.6 is 0 Å². The van der Waals surface area contributed by atoms with Crippen LogP contribution in [0, 0.1) is 0 Å². The summed E-state index contributed by atoms with van der Waals surface area (Å²) in [5.74, 6) is 1.00. The Balaban J connectivity index is 1.64. The second-order valence-electron chi connectivity index (χ2n) is 7.16. The number of aliphatic hydroxyl groups excluding tert-OH is 1. The summed E-state index contributed by atoms with van der Waals surface area (Å²) in [5, 5.41) is 14.5. The molecule has 5 rings (SSSR count). The number of aliphatic hydroxyl groups is 1. The summed E-state index contributed by atoms with van der Waals surface area (Å²) in [7, 11) is 0. The van der Waals surface area contributed by atoms with E-state index in [2.05, 4.69) is 20.3 Å². The topological polar surface area (TPSA) is 107 Å². The van der Waals surface area contributed by atoms with E-state index in [0.29, 0.717) is 48.6 Å². The number of rotatable bonds is 3. The maximum Gasteiger partial charge on any atom is 0.261 e. The lowest BCUT2D eigenvalue weighted by Gasteiger charge is -2.30. The van der Waals surface area contributed by atoms with Crippen molar-refractivity contribution in [2.45, 2.75) is 18.9 Å². The fourth-order valence-electron chi connectivity index (χ4n) is 3.72. The first-order valence-corrected chi connectivity index (χ1v) is 9.62. The molecule has 0 unspecified atom stereocenters. The van der Waals surface area contributed by atoms with Crippen LogP contribution in [0.3, 0.4) is 0 Å². The number of nitrogens with one attached hydrogen (secondary N) is 2. The number of hydrogen-bond acceptors (Lipinski definition) is 7. The van der Waals surface area contributed by atoms with E-state index >= 15 is 0 Å². The zero-order valence-corrected chi connectivity index (χ0v) is 15.7. The van der Waals surface area contributed by atoms with Crippen LogP contribution in [-0.4, -0.2) is 44.2 Å². The van der Waals surface area contributed by atoms with Gasteiger partial charge in [-0.05, 0) is 43.2 Å². The standard InChI is InChI=1S/C21H20N6O2/c28-13-7-11-27(12-8-13)21-25-17-6-10-23-20(29)18(17)19(26-21)24-16-5-1-4-15-14(16)3-2-9-22-15/h1-6,9-10,13,28H,7-8,11-12H2,(H,23,29)(H,24,25,26). The van der Waals surface area contributed by atoms with E-state index in [1.807, 2.05) is 35.2 Å². The number of nitrogens with zero attached hydrogens (tertiary/aromatic N) is 4. The lowest BCUT2D eigenvalue weighted by Crippen LogP contribution is -2.37. The predicted molar refractivity (Wildman–Crippen MR) is 113 cm³/mol. The van der Waals surface area contributed by atoms with Crippen LogP contribution in [0.2, 0.25) is 0 Å². The third kappa shape index (κ3) is 3.27. The average Bonchev–Trinajstić information content (AvgIpc) is 2.74. The number of aromatic amines is 1. The largest absolute Gasteiger partial charge is 0.393 e. The molecule has 1 aromatic carbocycles. The molecule has 0 aliphatic carbocycles. The molecule has 29 heavy (non-hydrogen) atoms. The number of aromatic nitrogens is 4. The smallest absolute Gasteiger partial charge is 0.261 e. The zero-order valence-electron chi connectivity index (χ0n) is 15.7. The highest BCUT2D eigenvalue weighted by atomic mass is 16.3. The minimum absolute atomic E-state index is 0.246. The highest BCUT2D eigenvalue weighted by Gasteiger charge is 2.21. The molecule has 1 fully saturated rings. The molecule has 0 atom stereocenters. The molecule has 0 saturated carbocycles. The van der Waals surface area contributed by atoms with Gasteiger partial charge in [0.25, 0.3) is 5.56 Å². The van der Waals surface area contributed by atoms with Gasteiger partial charge in [-0.15, -0.1) is 0 Å². The van der Waals surface area contributed by atoms with E-state index < -0.39 is 0 Å². The molecule has 0 radical (unpaired) electrons. The molecule has 3 N–H and O–H groups in total. The van der Waals surface area contributed by atoms with Crippen molar-refractivity contribution in [1.82, 2.24) is 19.9 Å². The SMILES string of the molecule is O=c1[nH]ccc2nc(N3CCC(O)CC3)nc(Nc3cccc4ncccc34)c12. The summed E-state index contributed by atoms with van der Waals surface area (Å²) < 4.78 is 0. The lowest BCUT2D eigenvalue weighted by atomic mass is 10.1. The first-order chi connectivity index (χ1) is 14.2. The molecule has 0 bridgehead atoms. The number of anilines is 3. The van der Waals surface area contributed by atoms with Gasteiger partial charge in [-0.1, -0.05) is 6.07 Å². The van der Waals surface area contributed by atoms with Crippen molar-refractivity contribution in [3.8, 4) is 0 Å². The van der Waals surface area contributed by atoms with Gasteiger partial charge < -0.3 is 20.3 Å². The summed E-state index contributed by atoms with van der Waals surface area (Å²) >= 11 is 0. The molecule has 0 amide bonds. The number of fused-ring (bicyclic) bond motifs is 2. The second kappa shape index (κ2) is 7.14. The molecule has 8 nitrogen and oxygen atoms in total. The Labute approximate surface area is 166 Å². The normalized spacial score (nSPS) is 15.1. The number of hydrogen-bond donors (Lipinski definition) is 3. The van der Waals surface area contributed by atoms with Gasteiger partial charge in [-0.25, -0.2) is 4.98 Å². The van der Waals surface area contributed by atoms with Gasteiger partial charge in [0, 0.05) is 36.6 Å². The van der Waals surface area contributed by atoms with Crippen LogP contribution in [0.15, 0.2) is 53.6 Å². The maximum atomic E-state index is 12.5. The Morgan fingerprint density at radius 3 is 2.79 bits per heavy atom. The van der Waals surface area contributed by atoms with Gasteiger partial charge in [0.15, 0.2) is 0 Å². The van der Waals surface area contributed by atoms with Crippen LogP contribution in [0.5, 0.6) is 0 Å². The second-order valence-corrected chi connectivity index (χ2v) is 7.16. The van der Waals surface area contributed by atoms with Gasteiger partial charge >= 0.3 is 0 Å². The third-order valence-electron chi connectivity index (χ3n) is 5.25. The maximum absolute atomic E-state index is 12.5. The first kappa shape index (κ1) is 17.6. The van der Waals surface area contributed by atoms with Crippen molar-refractivity contribution in [3.05, 3.63) is 59.1 Å². The minimum Gasteiger partial charge on any atom is -0.393 e. The molecule has 3 aromatic heterocycles. The van der Waals surface area contributed by atoms with Crippen LogP contribution in [0.4, 0.5) is 17.5 Å². The summed E-state index contributed by atoms with van der Waals surface area (Å²) in [6, 6.07) is 11.4. The lowest BCUT2D eigenvalue weighted by molar-refractivity contribution is 0.145. The summed E-state index contributed by atoms with van der Waals surface area (Å²) in [5.41, 5.74) is 2.00. The molecule has 1 aliphatic rings. The van der Waals surface area contributed by atoms with Crippen molar-refractivity contribution in [2.75, 3.05) is 23.3 Å². The molecular formula is C21H20N6O2. The first-order valence-electron chi connectivity index (χ1n) is 9.62. The van der Waals surface area contributed by atoms with Crippen LogP contribution < -0.4 is 15.8 Å². The Bertz CT molecular complexity index is 1240. The Morgan fingerprint density at radius 2 is 1.93 bits per heavy atom. The van der Waals surface area contributed by atoms with E-state index in [9.17, 15) is 9.90 Å². The predicted octanol–water partition coefficient (Wildman–Crippen LogP) is 2.57. The molecule has 4 aromatic rings. The Kier molecular flexibility index (Phi) is 4.33. The summed E-state index contributed by atoms with van der Waals surface area (Å²) in [4.78, 5) is 31.0. The highest BCUT2D eigenvalue weighted by Crippen LogP contribution is 2.29. The van der Waals surface area contributed by atoms with Gasteiger partial charge in [0.1, 0.15) is 11.2 Å².